The second kappa shape index (κ2) is 5.89. The number of piperidine rings is 1. The van der Waals surface area contributed by atoms with Crippen LogP contribution in [0.15, 0.2) is 42.5 Å². The van der Waals surface area contributed by atoms with Crippen LogP contribution in [0.4, 0.5) is 0 Å². The number of hydrogen-bond donors (Lipinski definition) is 0. The second-order valence-electron chi connectivity index (χ2n) is 6.76. The van der Waals surface area contributed by atoms with Gasteiger partial charge in [0.25, 0.3) is 0 Å². The van der Waals surface area contributed by atoms with E-state index >= 15 is 0 Å². The van der Waals surface area contributed by atoms with Crippen molar-refractivity contribution in [3.8, 4) is 5.75 Å². The molecule has 0 bridgehead atoms. The van der Waals surface area contributed by atoms with Gasteiger partial charge >= 0.3 is 0 Å². The van der Waals surface area contributed by atoms with Crippen LogP contribution in [0.2, 0.25) is 0 Å². The lowest BCUT2D eigenvalue weighted by atomic mass is 9.97. The first-order valence-electron chi connectivity index (χ1n) is 8.50. The van der Waals surface area contributed by atoms with Crippen molar-refractivity contribution in [1.82, 2.24) is 9.47 Å². The molecule has 0 saturated carbocycles. The lowest BCUT2D eigenvalue weighted by Crippen LogP contribution is -2.31. The van der Waals surface area contributed by atoms with Gasteiger partial charge < -0.3 is 14.2 Å². The van der Waals surface area contributed by atoms with Crippen molar-refractivity contribution in [2.24, 2.45) is 5.92 Å². The zero-order valence-corrected chi connectivity index (χ0v) is 14.0. The van der Waals surface area contributed by atoms with E-state index in [1.54, 1.807) is 7.11 Å². The van der Waals surface area contributed by atoms with Gasteiger partial charge in [-0.05, 0) is 57.1 Å². The first kappa shape index (κ1) is 14.6. The summed E-state index contributed by atoms with van der Waals surface area (Å²) in [5.74, 6) is 1.70. The Labute approximate surface area is 137 Å². The summed E-state index contributed by atoms with van der Waals surface area (Å²) in [6.45, 7) is 3.53. The standard InChI is InChI=1S/C20H24N2O/c1-21-11-9-15(10-12-21)14-22-19-6-4-3-5-17(19)18-8-7-16(23-2)13-20(18)22/h3-8,13,15H,9-12,14H2,1-2H3. The minimum atomic E-state index is 0.761. The van der Waals surface area contributed by atoms with Crippen LogP contribution in [-0.4, -0.2) is 36.7 Å². The van der Waals surface area contributed by atoms with E-state index in [-0.39, 0.29) is 0 Å². The molecule has 1 aromatic heterocycles. The van der Waals surface area contributed by atoms with Gasteiger partial charge in [0.05, 0.1) is 12.6 Å². The largest absolute Gasteiger partial charge is 0.497 e. The highest BCUT2D eigenvalue weighted by molar-refractivity contribution is 6.08. The zero-order valence-electron chi connectivity index (χ0n) is 14.0. The molecule has 0 aliphatic carbocycles. The Morgan fingerprint density at radius 2 is 1.74 bits per heavy atom. The molecule has 3 heteroatoms. The number of aromatic nitrogens is 1. The number of benzene rings is 2. The van der Waals surface area contributed by atoms with Gasteiger partial charge in [0, 0.05) is 28.9 Å². The van der Waals surface area contributed by atoms with Crippen molar-refractivity contribution in [1.29, 1.82) is 0 Å². The first-order valence-corrected chi connectivity index (χ1v) is 8.50. The molecule has 4 rings (SSSR count). The molecule has 0 atom stereocenters. The van der Waals surface area contributed by atoms with Crippen LogP contribution in [0.5, 0.6) is 5.75 Å². The fourth-order valence-electron chi connectivity index (χ4n) is 3.86. The van der Waals surface area contributed by atoms with Gasteiger partial charge in [-0.15, -0.1) is 0 Å². The van der Waals surface area contributed by atoms with Crippen LogP contribution < -0.4 is 4.74 Å². The van der Waals surface area contributed by atoms with Crippen molar-refractivity contribution in [2.45, 2.75) is 19.4 Å². The Hall–Kier alpha value is -2.00. The quantitative estimate of drug-likeness (QED) is 0.723. The number of ether oxygens (including phenoxy) is 1. The van der Waals surface area contributed by atoms with Crippen LogP contribution in [0, 0.1) is 5.92 Å². The monoisotopic (exact) mass is 308 g/mol. The van der Waals surface area contributed by atoms with Gasteiger partial charge in [-0.2, -0.15) is 0 Å². The van der Waals surface area contributed by atoms with Crippen LogP contribution in [0.3, 0.4) is 0 Å². The summed E-state index contributed by atoms with van der Waals surface area (Å²) in [6.07, 6.45) is 2.57. The topological polar surface area (TPSA) is 17.4 Å². The number of hydrogen-bond acceptors (Lipinski definition) is 2. The molecule has 1 fully saturated rings. The highest BCUT2D eigenvalue weighted by atomic mass is 16.5. The van der Waals surface area contributed by atoms with E-state index in [2.05, 4.69) is 59.0 Å². The number of nitrogens with zero attached hydrogens (tertiary/aromatic N) is 2. The molecule has 3 aromatic rings. The predicted octanol–water partition coefficient (Wildman–Crippen LogP) is 4.14. The van der Waals surface area contributed by atoms with E-state index in [9.17, 15) is 0 Å². The lowest BCUT2D eigenvalue weighted by molar-refractivity contribution is 0.207. The Balaban J connectivity index is 1.81. The smallest absolute Gasteiger partial charge is 0.120 e. The van der Waals surface area contributed by atoms with E-state index in [1.807, 2.05) is 0 Å². The Morgan fingerprint density at radius 1 is 1.00 bits per heavy atom. The molecule has 0 N–H and O–H groups in total. The van der Waals surface area contributed by atoms with E-state index in [1.165, 1.54) is 47.7 Å². The highest BCUT2D eigenvalue weighted by Gasteiger charge is 2.19. The molecule has 120 valence electrons. The van der Waals surface area contributed by atoms with Crippen LogP contribution in [0.1, 0.15) is 12.8 Å². The summed E-state index contributed by atoms with van der Waals surface area (Å²) in [7, 11) is 3.96. The van der Waals surface area contributed by atoms with Gasteiger partial charge in [0.1, 0.15) is 5.75 Å². The molecule has 0 amide bonds. The molecule has 1 saturated heterocycles. The third-order valence-corrected chi connectivity index (χ3v) is 5.26. The molecule has 2 aromatic carbocycles. The predicted molar refractivity (Wildman–Crippen MR) is 96.2 cm³/mol. The molecule has 23 heavy (non-hydrogen) atoms. The Bertz CT molecular complexity index is 828. The summed E-state index contributed by atoms with van der Waals surface area (Å²) in [6, 6.07) is 15.2. The van der Waals surface area contributed by atoms with Crippen molar-refractivity contribution >= 4 is 21.8 Å². The summed E-state index contributed by atoms with van der Waals surface area (Å²) < 4.78 is 7.96. The Morgan fingerprint density at radius 3 is 2.52 bits per heavy atom. The molecular formula is C20H24N2O. The summed E-state index contributed by atoms with van der Waals surface area (Å²) in [5, 5.41) is 2.67. The molecule has 2 heterocycles. The average molecular weight is 308 g/mol. The summed E-state index contributed by atoms with van der Waals surface area (Å²) in [5.41, 5.74) is 2.64. The molecule has 1 aliphatic rings. The molecule has 0 spiro atoms. The number of para-hydroxylation sites is 1. The van der Waals surface area contributed by atoms with Gasteiger partial charge in [-0.1, -0.05) is 18.2 Å². The molecule has 3 nitrogen and oxygen atoms in total. The highest BCUT2D eigenvalue weighted by Crippen LogP contribution is 2.33. The SMILES string of the molecule is COc1ccc2c3ccccc3n(CC3CCN(C)CC3)c2c1. The van der Waals surface area contributed by atoms with Gasteiger partial charge in [0.2, 0.25) is 0 Å². The zero-order chi connectivity index (χ0) is 15.8. The van der Waals surface area contributed by atoms with Crippen LogP contribution in [0.25, 0.3) is 21.8 Å². The third kappa shape index (κ3) is 2.59. The van der Waals surface area contributed by atoms with E-state index in [0.29, 0.717) is 0 Å². The van der Waals surface area contributed by atoms with Crippen molar-refractivity contribution in [2.75, 3.05) is 27.2 Å². The lowest BCUT2D eigenvalue weighted by Gasteiger charge is -2.29. The minimum absolute atomic E-state index is 0.761. The van der Waals surface area contributed by atoms with Crippen LogP contribution in [-0.2, 0) is 6.54 Å². The van der Waals surface area contributed by atoms with Crippen molar-refractivity contribution < 1.29 is 4.74 Å². The second-order valence-corrected chi connectivity index (χ2v) is 6.76. The molecule has 1 aliphatic heterocycles. The maximum atomic E-state index is 5.46. The summed E-state index contributed by atoms with van der Waals surface area (Å²) in [4.78, 5) is 2.44. The van der Waals surface area contributed by atoms with Crippen molar-refractivity contribution in [3.63, 3.8) is 0 Å². The fraction of sp³-hybridized carbons (Fsp3) is 0.400. The average Bonchev–Trinajstić information content (AvgIpc) is 2.90. The van der Waals surface area contributed by atoms with E-state index < -0.39 is 0 Å². The first-order chi connectivity index (χ1) is 11.3. The van der Waals surface area contributed by atoms with Gasteiger partial charge in [0.15, 0.2) is 0 Å². The third-order valence-electron chi connectivity index (χ3n) is 5.26. The van der Waals surface area contributed by atoms with Crippen LogP contribution >= 0.6 is 0 Å². The normalized spacial score (nSPS) is 17.1. The van der Waals surface area contributed by atoms with Crippen molar-refractivity contribution in [3.05, 3.63) is 42.5 Å². The number of methoxy groups -OCH3 is 1. The fourth-order valence-corrected chi connectivity index (χ4v) is 3.86. The Kier molecular flexibility index (Phi) is 3.74. The van der Waals surface area contributed by atoms with E-state index in [4.69, 9.17) is 4.74 Å². The maximum Gasteiger partial charge on any atom is 0.120 e. The number of rotatable bonds is 3. The maximum absolute atomic E-state index is 5.46. The van der Waals surface area contributed by atoms with E-state index in [0.717, 1.165) is 18.2 Å². The molecule has 0 unspecified atom stereocenters. The molecule has 0 radical (unpaired) electrons. The van der Waals surface area contributed by atoms with Gasteiger partial charge in [-0.25, -0.2) is 0 Å². The number of likely N-dealkylation sites (tertiary alicyclic amines) is 1. The summed E-state index contributed by atoms with van der Waals surface area (Å²) >= 11 is 0. The van der Waals surface area contributed by atoms with Gasteiger partial charge in [-0.3, -0.25) is 0 Å². The minimum Gasteiger partial charge on any atom is -0.497 e. The molecular weight excluding hydrogens is 284 g/mol. The number of fused-ring (bicyclic) bond motifs is 3.